The van der Waals surface area contributed by atoms with Crippen LogP contribution in [0.3, 0.4) is 0 Å². The Morgan fingerprint density at radius 1 is 1.40 bits per heavy atom. The molecule has 0 atom stereocenters. The topological polar surface area (TPSA) is 11.9 Å². The van der Waals surface area contributed by atoms with Gasteiger partial charge in [-0.3, -0.25) is 0 Å². The van der Waals surface area contributed by atoms with Gasteiger partial charge in [-0.1, -0.05) is 0 Å². The van der Waals surface area contributed by atoms with Gasteiger partial charge in [0.15, 0.2) is 14.2 Å². The van der Waals surface area contributed by atoms with Crippen LogP contribution in [0.25, 0.3) is 0 Å². The summed E-state index contributed by atoms with van der Waals surface area (Å²) in [7, 11) is 5.09. The molecular formula is C3H9O2+. The van der Waals surface area contributed by atoms with E-state index in [0.29, 0.717) is 0 Å². The SMILES string of the molecule is CO[O+](C)C. The Bertz CT molecular complexity index is 18.9. The second-order valence-electron chi connectivity index (χ2n) is 0.908. The molecule has 0 unspecified atom stereocenters. The fourth-order valence-electron chi connectivity index (χ4n) is 0. The summed E-state index contributed by atoms with van der Waals surface area (Å²) in [6, 6.07) is 0. The lowest BCUT2D eigenvalue weighted by molar-refractivity contribution is -0.402. The Morgan fingerprint density at radius 2 is 1.60 bits per heavy atom. The zero-order chi connectivity index (χ0) is 4.28. The average molecular weight is 77.1 g/mol. The first-order valence-electron chi connectivity index (χ1n) is 1.39. The molecule has 0 aliphatic carbocycles. The van der Waals surface area contributed by atoms with Crippen LogP contribution in [0.2, 0.25) is 0 Å². The van der Waals surface area contributed by atoms with Crippen LogP contribution in [0.1, 0.15) is 0 Å². The molecule has 0 saturated carbocycles. The van der Waals surface area contributed by atoms with Gasteiger partial charge in [-0.05, 0) is 0 Å². The minimum absolute atomic E-state index is 1.59. The van der Waals surface area contributed by atoms with E-state index in [1.165, 1.54) is 0 Å². The summed E-state index contributed by atoms with van der Waals surface area (Å²) in [6.45, 7) is 0. The van der Waals surface area contributed by atoms with Gasteiger partial charge in [0.2, 0.25) is 0 Å². The highest BCUT2D eigenvalue weighted by molar-refractivity contribution is 3.74. The van der Waals surface area contributed by atoms with E-state index < -0.39 is 0 Å². The van der Waals surface area contributed by atoms with Crippen molar-refractivity contribution in [1.82, 2.24) is 0 Å². The van der Waals surface area contributed by atoms with Crippen LogP contribution < -0.4 is 0 Å². The van der Waals surface area contributed by atoms with Crippen molar-refractivity contribution < 1.29 is 9.41 Å². The van der Waals surface area contributed by atoms with Gasteiger partial charge in [0.05, 0.1) is 0 Å². The highest BCUT2D eigenvalue weighted by atomic mass is 17.3. The van der Waals surface area contributed by atoms with Crippen molar-refractivity contribution in [3.8, 4) is 0 Å². The van der Waals surface area contributed by atoms with Crippen molar-refractivity contribution in [3.05, 3.63) is 0 Å². The van der Waals surface area contributed by atoms with Gasteiger partial charge in [-0.25, -0.2) is 4.52 Å². The van der Waals surface area contributed by atoms with Crippen LogP contribution in [0.15, 0.2) is 0 Å². The monoisotopic (exact) mass is 77.1 g/mol. The molecule has 0 saturated heterocycles. The second kappa shape index (κ2) is 2.18. The molecule has 0 rings (SSSR count). The van der Waals surface area contributed by atoms with Crippen LogP contribution in [0, 0.1) is 0 Å². The van der Waals surface area contributed by atoms with Crippen molar-refractivity contribution in [3.63, 3.8) is 0 Å². The maximum atomic E-state index is 4.50. The van der Waals surface area contributed by atoms with Crippen LogP contribution in [0.4, 0.5) is 0 Å². The van der Waals surface area contributed by atoms with E-state index in [1.54, 1.807) is 21.3 Å². The summed E-state index contributed by atoms with van der Waals surface area (Å²) >= 11 is 0. The molecule has 0 radical (unpaired) electrons. The summed E-state index contributed by atoms with van der Waals surface area (Å²) in [6.07, 6.45) is 0. The molecule has 0 N–H and O–H groups in total. The largest absolute Gasteiger partial charge is 0.245 e. The molecule has 2 heteroatoms. The maximum Gasteiger partial charge on any atom is 0.176 e. The van der Waals surface area contributed by atoms with E-state index in [0.717, 1.165) is 0 Å². The van der Waals surface area contributed by atoms with Gasteiger partial charge in [-0.15, -0.1) is 4.89 Å². The summed E-state index contributed by atoms with van der Waals surface area (Å²) in [5.74, 6) is 0. The third kappa shape index (κ3) is 3.92. The second-order valence-corrected chi connectivity index (χ2v) is 0.908. The van der Waals surface area contributed by atoms with E-state index in [2.05, 4.69) is 9.41 Å². The van der Waals surface area contributed by atoms with Crippen molar-refractivity contribution in [2.24, 2.45) is 0 Å². The highest BCUT2D eigenvalue weighted by Crippen LogP contribution is 1.74. The fourth-order valence-corrected chi connectivity index (χ4v) is 0. The summed E-state index contributed by atoms with van der Waals surface area (Å²) < 4.78 is 2.25. The van der Waals surface area contributed by atoms with E-state index >= 15 is 0 Å². The lowest BCUT2D eigenvalue weighted by atomic mass is 11.5. The predicted octanol–water partition coefficient (Wildman–Crippen LogP) is 0.360. The van der Waals surface area contributed by atoms with Gasteiger partial charge < -0.3 is 0 Å². The number of rotatable bonds is 1. The van der Waals surface area contributed by atoms with Crippen molar-refractivity contribution in [2.75, 3.05) is 21.3 Å². The molecule has 0 spiro atoms. The van der Waals surface area contributed by atoms with E-state index in [1.807, 2.05) is 0 Å². The van der Waals surface area contributed by atoms with Gasteiger partial charge in [0.25, 0.3) is 0 Å². The fraction of sp³-hybridized carbons (Fsp3) is 1.00. The molecule has 0 aromatic carbocycles. The number of hydrogen-bond acceptors (Lipinski definition) is 1. The zero-order valence-corrected chi connectivity index (χ0v) is 3.82. The quantitative estimate of drug-likeness (QED) is 0.250. The van der Waals surface area contributed by atoms with Crippen LogP contribution in [0.5, 0.6) is 0 Å². The average Bonchev–Trinajstić information content (AvgIpc) is 1.38. The van der Waals surface area contributed by atoms with E-state index in [9.17, 15) is 0 Å². The summed E-state index contributed by atoms with van der Waals surface area (Å²) in [5, 5.41) is 0. The van der Waals surface area contributed by atoms with Crippen molar-refractivity contribution in [2.45, 2.75) is 0 Å². The molecule has 32 valence electrons. The minimum atomic E-state index is 1.59. The summed E-state index contributed by atoms with van der Waals surface area (Å²) in [5.41, 5.74) is 0. The Hall–Kier alpha value is -0.0800. The van der Waals surface area contributed by atoms with Crippen LogP contribution in [-0.4, -0.2) is 21.3 Å². The third-order valence-corrected chi connectivity index (χ3v) is 0.333. The van der Waals surface area contributed by atoms with Gasteiger partial charge in [0, 0.05) is 0 Å². The normalized spacial score (nSPS) is 9.60. The molecule has 5 heavy (non-hydrogen) atoms. The molecule has 0 aromatic heterocycles. The molecule has 0 aromatic rings. The van der Waals surface area contributed by atoms with Crippen molar-refractivity contribution >= 4 is 0 Å². The molecule has 0 aliphatic heterocycles. The van der Waals surface area contributed by atoms with E-state index in [4.69, 9.17) is 0 Å². The van der Waals surface area contributed by atoms with Crippen molar-refractivity contribution in [1.29, 1.82) is 0 Å². The molecule has 0 heterocycles. The highest BCUT2D eigenvalue weighted by Gasteiger charge is 1.78. The van der Waals surface area contributed by atoms with Gasteiger partial charge in [0.1, 0.15) is 7.11 Å². The first kappa shape index (κ1) is 4.92. The lowest BCUT2D eigenvalue weighted by Gasteiger charge is -1.94. The molecule has 0 amide bonds. The molecule has 0 aliphatic rings. The molecule has 2 nitrogen and oxygen atoms in total. The predicted molar refractivity (Wildman–Crippen MR) is 19.9 cm³/mol. The Balaban J connectivity index is 2.54. The Kier molecular flexibility index (Phi) is 2.14. The Labute approximate surface area is 31.9 Å². The maximum absolute atomic E-state index is 4.50. The smallest absolute Gasteiger partial charge is 0.176 e. The van der Waals surface area contributed by atoms with Crippen LogP contribution >= 0.6 is 0 Å². The van der Waals surface area contributed by atoms with Gasteiger partial charge in [-0.2, -0.15) is 0 Å². The lowest BCUT2D eigenvalue weighted by Crippen LogP contribution is -1.96. The summed E-state index contributed by atoms with van der Waals surface area (Å²) in [4.78, 5) is 4.50. The minimum Gasteiger partial charge on any atom is -0.245 e. The number of hydrogen-bond donors (Lipinski definition) is 0. The third-order valence-electron chi connectivity index (χ3n) is 0.333. The zero-order valence-electron chi connectivity index (χ0n) is 3.82. The van der Waals surface area contributed by atoms with Crippen LogP contribution in [-0.2, 0) is 9.41 Å². The first-order chi connectivity index (χ1) is 2.27. The first-order valence-corrected chi connectivity index (χ1v) is 1.39. The Morgan fingerprint density at radius 3 is 1.60 bits per heavy atom. The molecular weight excluding hydrogens is 68.0 g/mol. The standard InChI is InChI=1S/C3H9O2/c1-4-5(2)3/h1-3H3/q+1. The molecule has 0 fully saturated rings. The van der Waals surface area contributed by atoms with Gasteiger partial charge >= 0.3 is 0 Å². The van der Waals surface area contributed by atoms with E-state index in [-0.39, 0.29) is 0 Å². The molecule has 0 bridgehead atoms.